The number of hydrogen-bond acceptors (Lipinski definition) is 5. The fourth-order valence-electron chi connectivity index (χ4n) is 4.13. The highest BCUT2D eigenvalue weighted by molar-refractivity contribution is 8.04. The number of nitrogens with one attached hydrogen (secondary N) is 1. The van der Waals surface area contributed by atoms with Crippen molar-refractivity contribution < 1.29 is 9.59 Å². The molecular formula is C24H25N5O2S. The molecule has 3 aromatic rings. The molecule has 1 fully saturated rings. The number of amides is 2. The van der Waals surface area contributed by atoms with E-state index in [0.717, 1.165) is 42.4 Å². The first-order valence-corrected chi connectivity index (χ1v) is 11.7. The lowest BCUT2D eigenvalue weighted by Gasteiger charge is -2.34. The fraction of sp³-hybridized carbons (Fsp3) is 0.292. The normalized spacial score (nSPS) is 16.3. The number of hydrogen-bond donors (Lipinski definition) is 1. The highest BCUT2D eigenvalue weighted by Crippen LogP contribution is 2.34. The number of rotatable bonds is 7. The van der Waals surface area contributed by atoms with E-state index in [-0.39, 0.29) is 11.8 Å². The van der Waals surface area contributed by atoms with Crippen LogP contribution in [0, 0.1) is 0 Å². The molecule has 32 heavy (non-hydrogen) atoms. The second-order valence-electron chi connectivity index (χ2n) is 8.04. The molecule has 0 atom stereocenters. The number of pyridine rings is 1. The van der Waals surface area contributed by atoms with Crippen LogP contribution in [-0.2, 0) is 16.1 Å². The molecule has 0 bridgehead atoms. The van der Waals surface area contributed by atoms with Crippen LogP contribution in [0.2, 0.25) is 0 Å². The van der Waals surface area contributed by atoms with Gasteiger partial charge in [-0.15, -0.1) is 0 Å². The van der Waals surface area contributed by atoms with Crippen molar-refractivity contribution in [3.63, 3.8) is 0 Å². The van der Waals surface area contributed by atoms with Crippen molar-refractivity contribution in [1.29, 1.82) is 0 Å². The third-order valence-electron chi connectivity index (χ3n) is 5.78. The Kier molecular flexibility index (Phi) is 5.96. The van der Waals surface area contributed by atoms with Crippen molar-refractivity contribution >= 4 is 35.3 Å². The highest BCUT2D eigenvalue weighted by Gasteiger charge is 2.24. The zero-order valence-electron chi connectivity index (χ0n) is 17.7. The quantitative estimate of drug-likeness (QED) is 0.564. The fourth-order valence-corrected chi connectivity index (χ4v) is 5.13. The molecule has 2 aliphatic heterocycles. The largest absolute Gasteiger partial charge is 0.352 e. The molecule has 0 radical (unpaired) electrons. The Morgan fingerprint density at radius 1 is 1.09 bits per heavy atom. The van der Waals surface area contributed by atoms with Gasteiger partial charge in [0.1, 0.15) is 5.65 Å². The van der Waals surface area contributed by atoms with Gasteiger partial charge in [0.2, 0.25) is 5.91 Å². The van der Waals surface area contributed by atoms with Gasteiger partial charge in [0.25, 0.3) is 5.91 Å². The van der Waals surface area contributed by atoms with Gasteiger partial charge in [0, 0.05) is 32.7 Å². The summed E-state index contributed by atoms with van der Waals surface area (Å²) >= 11 is 1.45. The summed E-state index contributed by atoms with van der Waals surface area (Å²) in [5.74, 6) is 0.0730. The van der Waals surface area contributed by atoms with Gasteiger partial charge in [-0.05, 0) is 30.2 Å². The molecule has 2 amide bonds. The summed E-state index contributed by atoms with van der Waals surface area (Å²) in [6.07, 6.45) is 4.40. The number of imidazole rings is 1. The maximum atomic E-state index is 12.7. The van der Waals surface area contributed by atoms with Crippen molar-refractivity contribution in [2.75, 3.05) is 32.7 Å². The number of thioether (sulfide) groups is 1. The van der Waals surface area contributed by atoms with Crippen LogP contribution in [0.15, 0.2) is 64.7 Å². The van der Waals surface area contributed by atoms with Crippen LogP contribution >= 0.6 is 11.8 Å². The van der Waals surface area contributed by atoms with Crippen LogP contribution in [0.25, 0.3) is 11.7 Å². The molecule has 8 heteroatoms. The molecule has 5 rings (SSSR count). The minimum Gasteiger partial charge on any atom is -0.352 e. The Morgan fingerprint density at radius 3 is 2.81 bits per heavy atom. The van der Waals surface area contributed by atoms with E-state index in [0.29, 0.717) is 24.5 Å². The molecule has 0 unspecified atom stereocenters. The molecule has 1 aromatic carbocycles. The summed E-state index contributed by atoms with van der Waals surface area (Å²) in [7, 11) is 0. The molecule has 7 nitrogen and oxygen atoms in total. The molecule has 0 aliphatic carbocycles. The summed E-state index contributed by atoms with van der Waals surface area (Å²) in [5.41, 5.74) is 3.03. The van der Waals surface area contributed by atoms with Gasteiger partial charge in [0.05, 0.1) is 28.4 Å². The van der Waals surface area contributed by atoms with E-state index in [1.165, 1.54) is 17.3 Å². The minimum atomic E-state index is -0.0848. The summed E-state index contributed by atoms with van der Waals surface area (Å²) < 4.78 is 2.05. The Labute approximate surface area is 191 Å². The number of carbonyl (C=O) groups excluding carboxylic acids is 2. The van der Waals surface area contributed by atoms with Gasteiger partial charge >= 0.3 is 0 Å². The molecule has 0 spiro atoms. The molecule has 2 aromatic heterocycles. The molecule has 2 aliphatic rings. The van der Waals surface area contributed by atoms with E-state index >= 15 is 0 Å². The van der Waals surface area contributed by atoms with Gasteiger partial charge in [-0.3, -0.25) is 18.9 Å². The Bertz CT molecular complexity index is 1170. The van der Waals surface area contributed by atoms with Crippen molar-refractivity contribution in [3.8, 4) is 0 Å². The predicted molar refractivity (Wildman–Crippen MR) is 125 cm³/mol. The second kappa shape index (κ2) is 9.18. The van der Waals surface area contributed by atoms with E-state index in [9.17, 15) is 9.59 Å². The first-order chi connectivity index (χ1) is 15.7. The van der Waals surface area contributed by atoms with Gasteiger partial charge in [0.15, 0.2) is 0 Å². The van der Waals surface area contributed by atoms with Crippen LogP contribution < -0.4 is 5.32 Å². The summed E-state index contributed by atoms with van der Waals surface area (Å²) in [5, 5.41) is 3.98. The van der Waals surface area contributed by atoms with Crippen LogP contribution in [0.3, 0.4) is 0 Å². The zero-order valence-corrected chi connectivity index (χ0v) is 18.6. The monoisotopic (exact) mass is 447 g/mol. The van der Waals surface area contributed by atoms with Gasteiger partial charge in [-0.2, -0.15) is 0 Å². The van der Waals surface area contributed by atoms with Crippen LogP contribution in [0.5, 0.6) is 0 Å². The van der Waals surface area contributed by atoms with Crippen molar-refractivity contribution in [2.24, 2.45) is 0 Å². The lowest BCUT2D eigenvalue weighted by molar-refractivity contribution is -0.136. The van der Waals surface area contributed by atoms with Crippen molar-refractivity contribution in [3.05, 3.63) is 70.9 Å². The second-order valence-corrected chi connectivity index (χ2v) is 9.10. The molecule has 4 heterocycles. The maximum absolute atomic E-state index is 12.7. The Hall–Kier alpha value is -3.10. The predicted octanol–water partition coefficient (Wildman–Crippen LogP) is 2.63. The Morgan fingerprint density at radius 2 is 1.97 bits per heavy atom. The summed E-state index contributed by atoms with van der Waals surface area (Å²) in [4.78, 5) is 34.3. The zero-order chi connectivity index (χ0) is 21.9. The first-order valence-electron chi connectivity index (χ1n) is 10.9. The van der Waals surface area contributed by atoms with E-state index in [4.69, 9.17) is 0 Å². The number of carbonyl (C=O) groups is 2. The van der Waals surface area contributed by atoms with Gasteiger partial charge in [-0.1, -0.05) is 48.2 Å². The standard InChI is InChI=1S/C24H25N5O2S/c30-22-17-27(16-18-6-2-1-3-7-18)12-13-28(22)11-5-10-25-24(31)20-14-19-15-26-21-8-4-9-23(32-20)29(19)21/h1-4,6-9,14-15H,5,10-13,16-17H2,(H,25,31). The van der Waals surface area contributed by atoms with E-state index < -0.39 is 0 Å². The lowest BCUT2D eigenvalue weighted by Crippen LogP contribution is -2.50. The third kappa shape index (κ3) is 4.42. The number of nitrogens with zero attached hydrogens (tertiary/aromatic N) is 4. The number of benzene rings is 1. The molecule has 1 N–H and O–H groups in total. The summed E-state index contributed by atoms with van der Waals surface area (Å²) in [6.45, 7) is 4.05. The van der Waals surface area contributed by atoms with E-state index in [1.807, 2.05) is 51.8 Å². The highest BCUT2D eigenvalue weighted by atomic mass is 32.2. The molecule has 164 valence electrons. The average Bonchev–Trinajstić information content (AvgIpc) is 3.23. The van der Waals surface area contributed by atoms with E-state index in [1.54, 1.807) is 6.20 Å². The lowest BCUT2D eigenvalue weighted by atomic mass is 10.2. The number of piperazine rings is 1. The van der Waals surface area contributed by atoms with E-state index in [2.05, 4.69) is 27.3 Å². The number of aromatic nitrogens is 2. The Balaban J connectivity index is 1.07. The minimum absolute atomic E-state index is 0.0848. The maximum Gasteiger partial charge on any atom is 0.258 e. The molecule has 1 saturated heterocycles. The third-order valence-corrected chi connectivity index (χ3v) is 6.83. The van der Waals surface area contributed by atoms with Crippen molar-refractivity contribution in [2.45, 2.75) is 18.0 Å². The molecular weight excluding hydrogens is 422 g/mol. The summed E-state index contributed by atoms with van der Waals surface area (Å²) in [6, 6.07) is 16.1. The van der Waals surface area contributed by atoms with Crippen molar-refractivity contribution in [1.82, 2.24) is 24.5 Å². The van der Waals surface area contributed by atoms with Gasteiger partial charge < -0.3 is 10.2 Å². The smallest absolute Gasteiger partial charge is 0.258 e. The topological polar surface area (TPSA) is 70.0 Å². The van der Waals surface area contributed by atoms with Crippen LogP contribution in [0.4, 0.5) is 0 Å². The average molecular weight is 448 g/mol. The SMILES string of the molecule is O=C(NCCCN1CCN(Cc2ccccc2)CC1=O)C1=Cc2cnc3cccc(n23)S1. The molecule has 0 saturated carbocycles. The van der Waals surface area contributed by atoms with Crippen LogP contribution in [-0.4, -0.2) is 63.7 Å². The first kappa shape index (κ1) is 20.8. The van der Waals surface area contributed by atoms with Crippen LogP contribution in [0.1, 0.15) is 17.7 Å². The van der Waals surface area contributed by atoms with Gasteiger partial charge in [-0.25, -0.2) is 4.98 Å².